The van der Waals surface area contributed by atoms with Crippen LogP contribution in [0.5, 0.6) is 5.75 Å². The van der Waals surface area contributed by atoms with Crippen LogP contribution in [0.1, 0.15) is 34.3 Å². The maximum absolute atomic E-state index is 12.6. The van der Waals surface area contributed by atoms with Crippen molar-refractivity contribution in [1.82, 2.24) is 0 Å². The SMILES string of the molecule is COC(=O)c1c(Cl)cc(C(=C(c2cccc(OC)c2)C2CC2)P(=O)(O)O)cc1Cl. The average Bonchev–Trinajstić information content (AvgIpc) is 3.49. The number of methoxy groups -OCH3 is 2. The molecule has 0 unspecified atom stereocenters. The molecule has 6 nitrogen and oxygen atoms in total. The van der Waals surface area contributed by atoms with Crippen LogP contribution in [-0.2, 0) is 9.30 Å². The van der Waals surface area contributed by atoms with Crippen molar-refractivity contribution in [3.8, 4) is 5.75 Å². The Hall–Kier alpha value is -1.82. The smallest absolute Gasteiger partial charge is 0.357 e. The fourth-order valence-corrected chi connectivity index (χ4v) is 4.95. The molecule has 9 heteroatoms. The monoisotopic (exact) mass is 456 g/mol. The van der Waals surface area contributed by atoms with Crippen molar-refractivity contribution >= 4 is 47.7 Å². The molecule has 0 atom stereocenters. The van der Waals surface area contributed by atoms with Crippen molar-refractivity contribution in [3.05, 3.63) is 63.1 Å². The first-order valence-electron chi connectivity index (χ1n) is 8.69. The lowest BCUT2D eigenvalue weighted by atomic mass is 9.97. The summed E-state index contributed by atoms with van der Waals surface area (Å²) in [6, 6.07) is 9.68. The van der Waals surface area contributed by atoms with Crippen LogP contribution in [0, 0.1) is 5.92 Å². The maximum Gasteiger partial charge on any atom is 0.357 e. The van der Waals surface area contributed by atoms with E-state index in [-0.39, 0.29) is 32.4 Å². The molecule has 0 aromatic heterocycles. The van der Waals surface area contributed by atoms with Gasteiger partial charge in [-0.05, 0) is 59.7 Å². The molecule has 2 aromatic rings. The number of benzene rings is 2. The number of carbonyl (C=O) groups excluding carboxylic acids is 1. The topological polar surface area (TPSA) is 93.1 Å². The number of hydrogen-bond acceptors (Lipinski definition) is 4. The van der Waals surface area contributed by atoms with Crippen LogP contribution < -0.4 is 4.74 Å². The van der Waals surface area contributed by atoms with Gasteiger partial charge in [-0.1, -0.05) is 35.3 Å². The van der Waals surface area contributed by atoms with E-state index >= 15 is 0 Å². The van der Waals surface area contributed by atoms with Crippen molar-refractivity contribution in [2.75, 3.05) is 14.2 Å². The van der Waals surface area contributed by atoms with Gasteiger partial charge >= 0.3 is 13.6 Å². The molecule has 1 aliphatic rings. The van der Waals surface area contributed by atoms with Gasteiger partial charge in [0.05, 0.1) is 35.1 Å². The molecule has 1 fully saturated rings. The van der Waals surface area contributed by atoms with E-state index in [1.165, 1.54) is 26.4 Å². The predicted octanol–water partition coefficient (Wildman–Crippen LogP) is 5.24. The van der Waals surface area contributed by atoms with Crippen LogP contribution in [0.25, 0.3) is 10.9 Å². The quantitative estimate of drug-likeness (QED) is 0.350. The van der Waals surface area contributed by atoms with Gasteiger partial charge in [0.1, 0.15) is 5.75 Å². The second-order valence-corrected chi connectivity index (χ2v) is 8.97. The van der Waals surface area contributed by atoms with E-state index < -0.39 is 13.6 Å². The average molecular weight is 457 g/mol. The lowest BCUT2D eigenvalue weighted by molar-refractivity contribution is 0.0601. The molecule has 1 saturated carbocycles. The molecule has 3 rings (SSSR count). The third-order valence-corrected chi connectivity index (χ3v) is 6.30. The number of carbonyl (C=O) groups is 1. The van der Waals surface area contributed by atoms with E-state index in [1.807, 2.05) is 0 Å². The number of allylic oxidation sites excluding steroid dienone is 1. The fourth-order valence-electron chi connectivity index (χ4n) is 3.22. The summed E-state index contributed by atoms with van der Waals surface area (Å²) in [5, 5.41) is -0.259. The number of hydrogen-bond donors (Lipinski definition) is 2. The van der Waals surface area contributed by atoms with Crippen LogP contribution in [0.4, 0.5) is 0 Å². The Kier molecular flexibility index (Phi) is 6.42. The van der Waals surface area contributed by atoms with Crippen molar-refractivity contribution < 1.29 is 28.6 Å². The first-order chi connectivity index (χ1) is 13.7. The highest BCUT2D eigenvalue weighted by atomic mass is 35.5. The molecule has 2 aromatic carbocycles. The molecular formula is C20H19Cl2O6P. The summed E-state index contributed by atoms with van der Waals surface area (Å²) in [5.74, 6) is -0.172. The predicted molar refractivity (Wildman–Crippen MR) is 112 cm³/mol. The molecular weight excluding hydrogens is 438 g/mol. The van der Waals surface area contributed by atoms with E-state index in [0.29, 0.717) is 16.9 Å². The second kappa shape index (κ2) is 8.50. The van der Waals surface area contributed by atoms with Gasteiger partial charge in [0, 0.05) is 0 Å². The zero-order chi connectivity index (χ0) is 21.3. The minimum atomic E-state index is -4.74. The molecule has 1 aliphatic carbocycles. The van der Waals surface area contributed by atoms with Gasteiger partial charge in [0.2, 0.25) is 0 Å². The third kappa shape index (κ3) is 4.68. The van der Waals surface area contributed by atoms with Crippen molar-refractivity contribution in [3.63, 3.8) is 0 Å². The molecule has 29 heavy (non-hydrogen) atoms. The molecule has 154 valence electrons. The minimum absolute atomic E-state index is 0.0115. The Morgan fingerprint density at radius 1 is 1.07 bits per heavy atom. The summed E-state index contributed by atoms with van der Waals surface area (Å²) < 4.78 is 22.5. The molecule has 0 heterocycles. The van der Waals surface area contributed by atoms with Gasteiger partial charge in [-0.15, -0.1) is 0 Å². The minimum Gasteiger partial charge on any atom is -0.497 e. The van der Waals surface area contributed by atoms with E-state index in [4.69, 9.17) is 27.9 Å². The first-order valence-corrected chi connectivity index (χ1v) is 11.1. The van der Waals surface area contributed by atoms with Crippen LogP contribution in [-0.4, -0.2) is 30.0 Å². The lowest BCUT2D eigenvalue weighted by Gasteiger charge is -2.19. The standard InChI is InChI=1S/C20H19Cl2O6P/c1-27-14-5-3-4-12(8-14)17(11-6-7-11)19(29(24,25)26)13-9-15(21)18(16(22)10-13)20(23)28-2/h3-5,8-11H,6-7H2,1-2H3,(H2,24,25,26). The van der Waals surface area contributed by atoms with Gasteiger partial charge in [-0.2, -0.15) is 0 Å². The van der Waals surface area contributed by atoms with Gasteiger partial charge in [-0.3, -0.25) is 4.57 Å². The van der Waals surface area contributed by atoms with Crippen LogP contribution in [0.3, 0.4) is 0 Å². The van der Waals surface area contributed by atoms with E-state index in [9.17, 15) is 19.1 Å². The maximum atomic E-state index is 12.6. The van der Waals surface area contributed by atoms with Crippen molar-refractivity contribution in [2.24, 2.45) is 5.92 Å². The van der Waals surface area contributed by atoms with Gasteiger partial charge in [-0.25, -0.2) is 4.79 Å². The van der Waals surface area contributed by atoms with Crippen LogP contribution >= 0.6 is 30.8 Å². The van der Waals surface area contributed by atoms with Gasteiger partial charge in [0.25, 0.3) is 0 Å². The molecule has 0 saturated heterocycles. The summed E-state index contributed by atoms with van der Waals surface area (Å²) in [5.41, 5.74) is 1.27. The number of halogens is 2. The first kappa shape index (κ1) is 21.9. The van der Waals surface area contributed by atoms with Crippen molar-refractivity contribution in [2.45, 2.75) is 12.8 Å². The Morgan fingerprint density at radius 2 is 1.69 bits per heavy atom. The molecule has 0 bridgehead atoms. The number of esters is 1. The Balaban J connectivity index is 2.30. The zero-order valence-corrected chi connectivity index (χ0v) is 18.1. The lowest BCUT2D eigenvalue weighted by Crippen LogP contribution is -2.05. The number of rotatable bonds is 6. The van der Waals surface area contributed by atoms with Crippen molar-refractivity contribution in [1.29, 1.82) is 0 Å². The molecule has 0 amide bonds. The molecule has 0 aliphatic heterocycles. The Labute approximate surface area is 178 Å². The largest absolute Gasteiger partial charge is 0.497 e. The fraction of sp³-hybridized carbons (Fsp3) is 0.250. The highest BCUT2D eigenvalue weighted by Crippen LogP contribution is 2.59. The molecule has 0 radical (unpaired) electrons. The van der Waals surface area contributed by atoms with Gasteiger partial charge < -0.3 is 19.3 Å². The second-order valence-electron chi connectivity index (χ2n) is 6.62. The molecule has 2 N–H and O–H groups in total. The molecule has 0 spiro atoms. The number of ether oxygens (including phenoxy) is 2. The highest BCUT2D eigenvalue weighted by Gasteiger charge is 2.37. The van der Waals surface area contributed by atoms with Crippen LogP contribution in [0.15, 0.2) is 36.4 Å². The van der Waals surface area contributed by atoms with E-state index in [2.05, 4.69) is 4.74 Å². The summed E-state index contributed by atoms with van der Waals surface area (Å²) in [6.07, 6.45) is 1.61. The van der Waals surface area contributed by atoms with Crippen LogP contribution in [0.2, 0.25) is 10.0 Å². The zero-order valence-electron chi connectivity index (χ0n) is 15.7. The summed E-state index contributed by atoms with van der Waals surface area (Å²) in [7, 11) is -2.02. The Bertz CT molecular complexity index is 1020. The third-order valence-electron chi connectivity index (χ3n) is 4.62. The Morgan fingerprint density at radius 3 is 2.17 bits per heavy atom. The van der Waals surface area contributed by atoms with E-state index in [0.717, 1.165) is 12.8 Å². The highest BCUT2D eigenvalue weighted by molar-refractivity contribution is 7.63. The summed E-state index contributed by atoms with van der Waals surface area (Å²) >= 11 is 12.4. The summed E-state index contributed by atoms with van der Waals surface area (Å²) in [4.78, 5) is 32.3. The van der Waals surface area contributed by atoms with E-state index in [1.54, 1.807) is 24.3 Å². The normalized spacial score (nSPS) is 15.0. The van der Waals surface area contributed by atoms with Gasteiger partial charge in [0.15, 0.2) is 0 Å². The summed E-state index contributed by atoms with van der Waals surface area (Å²) in [6.45, 7) is 0.